The predicted molar refractivity (Wildman–Crippen MR) is 106 cm³/mol. The highest BCUT2D eigenvalue weighted by atomic mass is 32.2. The second-order valence-electron chi connectivity index (χ2n) is 7.25. The Morgan fingerprint density at radius 2 is 1.89 bits per heavy atom. The second-order valence-corrected chi connectivity index (χ2v) is 8.93. The summed E-state index contributed by atoms with van der Waals surface area (Å²) in [7, 11) is -2.58. The molecular formula is C20H22N2O5S. The molecule has 148 valence electrons. The molecule has 2 aromatic rings. The van der Waals surface area contributed by atoms with Crippen LogP contribution in [-0.2, 0) is 29.8 Å². The number of carbonyl (C=O) groups is 2. The third-order valence-corrected chi connectivity index (χ3v) is 6.19. The van der Waals surface area contributed by atoms with Crippen molar-refractivity contribution >= 4 is 33.3 Å². The zero-order chi connectivity index (χ0) is 20.7. The van der Waals surface area contributed by atoms with Crippen molar-refractivity contribution in [3.63, 3.8) is 0 Å². The summed E-state index contributed by atoms with van der Waals surface area (Å²) < 4.78 is 32.9. The molecule has 3 rings (SSSR count). The van der Waals surface area contributed by atoms with Gasteiger partial charge in [0.05, 0.1) is 17.4 Å². The molecule has 1 aliphatic rings. The lowest BCUT2D eigenvalue weighted by molar-refractivity contribution is -0.140. The van der Waals surface area contributed by atoms with E-state index in [9.17, 15) is 18.0 Å². The molecule has 0 spiro atoms. The lowest BCUT2D eigenvalue weighted by atomic mass is 9.86. The van der Waals surface area contributed by atoms with E-state index in [1.165, 1.54) is 24.1 Å². The number of nitrogens with zero attached hydrogens (tertiary/aromatic N) is 1. The van der Waals surface area contributed by atoms with E-state index >= 15 is 0 Å². The molecule has 28 heavy (non-hydrogen) atoms. The quantitative estimate of drug-likeness (QED) is 0.776. The van der Waals surface area contributed by atoms with Gasteiger partial charge in [-0.05, 0) is 62.2 Å². The molecule has 0 fully saturated rings. The lowest BCUT2D eigenvalue weighted by Crippen LogP contribution is -2.39. The van der Waals surface area contributed by atoms with Crippen LogP contribution in [-0.4, -0.2) is 33.9 Å². The highest BCUT2D eigenvalue weighted by molar-refractivity contribution is 7.92. The smallest absolute Gasteiger partial charge is 0.325 e. The molecule has 1 amide bonds. The summed E-state index contributed by atoms with van der Waals surface area (Å²) in [5, 5.41) is 0. The first-order valence-electron chi connectivity index (χ1n) is 8.69. The van der Waals surface area contributed by atoms with Gasteiger partial charge >= 0.3 is 5.97 Å². The minimum atomic E-state index is -3.84. The largest absolute Gasteiger partial charge is 0.468 e. The Kier molecular flexibility index (Phi) is 4.93. The summed E-state index contributed by atoms with van der Waals surface area (Å²) in [6.07, 6.45) is 0. The van der Waals surface area contributed by atoms with E-state index in [-0.39, 0.29) is 17.3 Å². The number of esters is 1. The Hall–Kier alpha value is -2.87. The van der Waals surface area contributed by atoms with Crippen LogP contribution >= 0.6 is 0 Å². The molecule has 1 heterocycles. The fourth-order valence-electron chi connectivity index (χ4n) is 3.25. The van der Waals surface area contributed by atoms with Crippen molar-refractivity contribution < 1.29 is 22.7 Å². The number of sulfonamides is 1. The number of nitrogens with one attached hydrogen (secondary N) is 1. The van der Waals surface area contributed by atoms with E-state index in [4.69, 9.17) is 0 Å². The molecule has 0 aromatic heterocycles. The second kappa shape index (κ2) is 6.94. The average molecular weight is 402 g/mol. The zero-order valence-electron chi connectivity index (χ0n) is 16.1. The van der Waals surface area contributed by atoms with E-state index in [0.29, 0.717) is 16.9 Å². The van der Waals surface area contributed by atoms with Crippen LogP contribution in [0.4, 0.5) is 11.4 Å². The molecule has 8 heteroatoms. The van der Waals surface area contributed by atoms with Gasteiger partial charge in [0.15, 0.2) is 0 Å². The highest BCUT2D eigenvalue weighted by Gasteiger charge is 2.45. The monoisotopic (exact) mass is 402 g/mol. The molecule has 0 bridgehead atoms. The number of hydrogen-bond donors (Lipinski definition) is 1. The zero-order valence-corrected chi connectivity index (χ0v) is 17.0. The summed E-state index contributed by atoms with van der Waals surface area (Å²) in [6, 6.07) is 11.5. The van der Waals surface area contributed by atoms with Gasteiger partial charge in [-0.15, -0.1) is 0 Å². The van der Waals surface area contributed by atoms with Gasteiger partial charge in [-0.25, -0.2) is 8.42 Å². The number of ether oxygens (including phenoxy) is 1. The van der Waals surface area contributed by atoms with Gasteiger partial charge in [-0.2, -0.15) is 0 Å². The Morgan fingerprint density at radius 1 is 1.18 bits per heavy atom. The number of anilines is 2. The first kappa shape index (κ1) is 19.9. The fraction of sp³-hybridized carbons (Fsp3) is 0.300. The number of rotatable bonds is 5. The van der Waals surface area contributed by atoms with Gasteiger partial charge in [0.25, 0.3) is 10.0 Å². The van der Waals surface area contributed by atoms with Crippen molar-refractivity contribution in [2.45, 2.75) is 31.1 Å². The maximum Gasteiger partial charge on any atom is 0.325 e. The first-order chi connectivity index (χ1) is 13.1. The Balaban J connectivity index is 2.00. The molecular weight excluding hydrogens is 380 g/mol. The average Bonchev–Trinajstić information content (AvgIpc) is 2.82. The van der Waals surface area contributed by atoms with Crippen molar-refractivity contribution in [2.24, 2.45) is 0 Å². The fourth-order valence-corrected chi connectivity index (χ4v) is 4.33. The number of fused-ring (bicyclic) bond motifs is 1. The predicted octanol–water partition coefficient (Wildman–Crippen LogP) is 2.59. The summed E-state index contributed by atoms with van der Waals surface area (Å²) in [4.78, 5) is 25.8. The number of hydrogen-bond acceptors (Lipinski definition) is 5. The van der Waals surface area contributed by atoms with Crippen LogP contribution in [0, 0.1) is 6.92 Å². The van der Waals surface area contributed by atoms with E-state index in [1.54, 1.807) is 38.1 Å². The maximum absolute atomic E-state index is 12.8. The van der Waals surface area contributed by atoms with E-state index in [0.717, 1.165) is 5.56 Å². The van der Waals surface area contributed by atoms with Crippen LogP contribution in [0.25, 0.3) is 0 Å². The first-order valence-corrected chi connectivity index (χ1v) is 10.2. The number of carbonyl (C=O) groups excluding carboxylic acids is 2. The third kappa shape index (κ3) is 3.47. The van der Waals surface area contributed by atoms with Gasteiger partial charge in [0, 0.05) is 11.4 Å². The minimum Gasteiger partial charge on any atom is -0.468 e. The van der Waals surface area contributed by atoms with Crippen molar-refractivity contribution in [3.8, 4) is 0 Å². The number of amides is 1. The van der Waals surface area contributed by atoms with Crippen LogP contribution in [0.3, 0.4) is 0 Å². The Morgan fingerprint density at radius 3 is 2.54 bits per heavy atom. The summed E-state index contributed by atoms with van der Waals surface area (Å²) in [5.41, 5.74) is 1.49. The van der Waals surface area contributed by atoms with Crippen molar-refractivity contribution in [3.05, 3.63) is 53.6 Å². The summed E-state index contributed by atoms with van der Waals surface area (Å²) in [5.74, 6) is -0.830. The topological polar surface area (TPSA) is 92.8 Å². The van der Waals surface area contributed by atoms with E-state index in [1.807, 2.05) is 13.0 Å². The SMILES string of the molecule is COC(=O)CN1C(=O)C(C)(C)c2cc(S(=O)(=O)Nc3cccc(C)c3)ccc21. The molecule has 1 aliphatic heterocycles. The highest BCUT2D eigenvalue weighted by Crippen LogP contribution is 2.42. The van der Waals surface area contributed by atoms with Gasteiger partial charge in [-0.1, -0.05) is 12.1 Å². The van der Waals surface area contributed by atoms with E-state index in [2.05, 4.69) is 9.46 Å². The van der Waals surface area contributed by atoms with Crippen LogP contribution in [0.5, 0.6) is 0 Å². The molecule has 0 radical (unpaired) electrons. The summed E-state index contributed by atoms with van der Waals surface area (Å²) in [6.45, 7) is 5.06. The standard InChI is InChI=1S/C20H22N2O5S/c1-13-6-5-7-14(10-13)21-28(25,26)15-8-9-17-16(11-15)20(2,3)19(24)22(17)12-18(23)27-4/h5-11,21H,12H2,1-4H3. The molecule has 1 N–H and O–H groups in total. The van der Waals surface area contributed by atoms with Crippen LogP contribution in [0.15, 0.2) is 47.4 Å². The number of benzene rings is 2. The number of aryl methyl sites for hydroxylation is 1. The molecule has 0 unspecified atom stereocenters. The van der Waals surface area contributed by atoms with Crippen molar-refractivity contribution in [2.75, 3.05) is 23.3 Å². The third-order valence-electron chi connectivity index (χ3n) is 4.81. The lowest BCUT2D eigenvalue weighted by Gasteiger charge is -2.19. The molecule has 0 saturated carbocycles. The normalized spacial score (nSPS) is 15.3. The van der Waals surface area contributed by atoms with Crippen LogP contribution < -0.4 is 9.62 Å². The Labute approximate surface area is 164 Å². The van der Waals surface area contributed by atoms with Crippen LogP contribution in [0.1, 0.15) is 25.0 Å². The summed E-state index contributed by atoms with van der Waals surface area (Å²) >= 11 is 0. The molecule has 0 atom stereocenters. The van der Waals surface area contributed by atoms with Crippen molar-refractivity contribution in [1.29, 1.82) is 0 Å². The van der Waals surface area contributed by atoms with Gasteiger partial charge in [0.1, 0.15) is 6.54 Å². The number of methoxy groups -OCH3 is 1. The maximum atomic E-state index is 12.8. The van der Waals surface area contributed by atoms with Crippen LogP contribution in [0.2, 0.25) is 0 Å². The molecule has 0 saturated heterocycles. The van der Waals surface area contributed by atoms with Gasteiger partial charge in [-0.3, -0.25) is 14.3 Å². The van der Waals surface area contributed by atoms with Gasteiger partial charge < -0.3 is 9.64 Å². The molecule has 0 aliphatic carbocycles. The molecule has 7 nitrogen and oxygen atoms in total. The van der Waals surface area contributed by atoms with Crippen molar-refractivity contribution in [1.82, 2.24) is 0 Å². The molecule has 2 aromatic carbocycles. The van der Waals surface area contributed by atoms with E-state index < -0.39 is 21.4 Å². The minimum absolute atomic E-state index is 0.0496. The van der Waals surface area contributed by atoms with Gasteiger partial charge in [0.2, 0.25) is 5.91 Å². The Bertz CT molecular complexity index is 1060.